The largest absolute Gasteiger partial charge is 0.470 e. The van der Waals surface area contributed by atoms with E-state index in [0.717, 1.165) is 4.90 Å². The number of hydrogen-bond donors (Lipinski definition) is 8. The summed E-state index contributed by atoms with van der Waals surface area (Å²) >= 11 is 0. The van der Waals surface area contributed by atoms with E-state index in [2.05, 4.69) is 9.05 Å². The third kappa shape index (κ3) is 14.2. The van der Waals surface area contributed by atoms with Crippen LogP contribution < -0.4 is 0 Å². The lowest BCUT2D eigenvalue weighted by atomic mass is 9.62. The van der Waals surface area contributed by atoms with E-state index in [1.165, 1.54) is 4.90 Å². The summed E-state index contributed by atoms with van der Waals surface area (Å²) in [6.07, 6.45) is -0.808. The summed E-state index contributed by atoms with van der Waals surface area (Å²) in [6, 6.07) is -0.626. The molecular weight excluding hydrogens is 544 g/mol. The SMILES string of the molecule is CC1(C)CC(N(COP(=O)(O)O)COP(=O)(O)O)C[C@](C)(CN(CP(=O)(O)O)CP(=O)(O)O)C1. The van der Waals surface area contributed by atoms with E-state index in [-0.39, 0.29) is 13.0 Å². The van der Waals surface area contributed by atoms with Crippen molar-refractivity contribution in [3.8, 4) is 0 Å². The minimum absolute atomic E-state index is 0.143. The normalized spacial score (nSPS) is 24.7. The molecule has 0 aromatic heterocycles. The topological polar surface area (TPSA) is 255 Å². The fourth-order valence-corrected chi connectivity index (χ4v) is 6.91. The van der Waals surface area contributed by atoms with Crippen LogP contribution in [0.3, 0.4) is 0 Å². The molecule has 1 aliphatic carbocycles. The molecule has 34 heavy (non-hydrogen) atoms. The minimum Gasteiger partial charge on any atom is -0.324 e. The van der Waals surface area contributed by atoms with Crippen molar-refractivity contribution in [2.45, 2.75) is 46.1 Å². The lowest BCUT2D eigenvalue weighted by Crippen LogP contribution is -2.51. The maximum Gasteiger partial charge on any atom is 0.470 e. The lowest BCUT2D eigenvalue weighted by molar-refractivity contribution is -0.0594. The molecule has 1 unspecified atom stereocenters. The molecule has 1 aliphatic rings. The molecule has 16 nitrogen and oxygen atoms in total. The molecular formula is C14H34N2O14P4. The van der Waals surface area contributed by atoms with Gasteiger partial charge in [0.15, 0.2) is 0 Å². The van der Waals surface area contributed by atoms with Crippen LogP contribution >= 0.6 is 30.8 Å². The Morgan fingerprint density at radius 1 is 0.765 bits per heavy atom. The van der Waals surface area contributed by atoms with E-state index in [1.54, 1.807) is 6.92 Å². The predicted octanol–water partition coefficient (Wildman–Crippen LogP) is 0.579. The molecule has 0 bridgehead atoms. The van der Waals surface area contributed by atoms with E-state index in [0.29, 0.717) is 12.8 Å². The summed E-state index contributed by atoms with van der Waals surface area (Å²) in [4.78, 5) is 75.8. The standard InChI is InChI=1S/C14H34N2O14P4/c1-13(2)4-12(16(8-29-33(23,24)25)9-30-34(26,27)28)5-14(3,6-13)7-15(10-31(17,18)19)11-32(20,21)22/h12H,4-11H2,1-3H3,(H2,17,18,19)(H2,20,21,22)(H2,23,24,25)(H2,26,27,28)/t12?,14-/m0/s1. The van der Waals surface area contributed by atoms with Crippen molar-refractivity contribution in [2.75, 3.05) is 32.6 Å². The molecule has 0 saturated heterocycles. The van der Waals surface area contributed by atoms with Crippen LogP contribution in [0.5, 0.6) is 0 Å². The smallest absolute Gasteiger partial charge is 0.324 e. The van der Waals surface area contributed by atoms with Gasteiger partial charge in [0.2, 0.25) is 0 Å². The Hall–Kier alpha value is 0.440. The first-order chi connectivity index (χ1) is 14.9. The molecule has 0 spiro atoms. The third-order valence-corrected chi connectivity index (χ3v) is 7.54. The van der Waals surface area contributed by atoms with Crippen LogP contribution in [0.4, 0.5) is 0 Å². The van der Waals surface area contributed by atoms with E-state index >= 15 is 0 Å². The molecule has 0 amide bonds. The Labute approximate surface area is 197 Å². The van der Waals surface area contributed by atoms with Gasteiger partial charge in [-0.05, 0) is 30.1 Å². The van der Waals surface area contributed by atoms with Crippen molar-refractivity contribution in [1.29, 1.82) is 0 Å². The average molecular weight is 578 g/mol. The van der Waals surface area contributed by atoms with Gasteiger partial charge in [-0.15, -0.1) is 0 Å². The second-order valence-corrected chi connectivity index (χ2v) is 15.4. The van der Waals surface area contributed by atoms with Gasteiger partial charge in [-0.25, -0.2) is 9.13 Å². The molecule has 20 heteroatoms. The lowest BCUT2D eigenvalue weighted by Gasteiger charge is -2.50. The van der Waals surface area contributed by atoms with Crippen LogP contribution in [0.2, 0.25) is 0 Å². The quantitative estimate of drug-likeness (QED) is 0.110. The van der Waals surface area contributed by atoms with Gasteiger partial charge in [0.1, 0.15) is 26.0 Å². The Kier molecular flexibility index (Phi) is 10.9. The summed E-state index contributed by atoms with van der Waals surface area (Å²) in [5.41, 5.74) is -1.31. The van der Waals surface area contributed by atoms with Gasteiger partial charge in [0.25, 0.3) is 0 Å². The number of nitrogens with zero attached hydrogens (tertiary/aromatic N) is 2. The molecule has 2 atom stereocenters. The van der Waals surface area contributed by atoms with Crippen LogP contribution in [0.15, 0.2) is 0 Å². The molecule has 0 heterocycles. The van der Waals surface area contributed by atoms with Gasteiger partial charge in [-0.2, -0.15) is 0 Å². The molecule has 0 aromatic rings. The van der Waals surface area contributed by atoms with Crippen molar-refractivity contribution in [3.05, 3.63) is 0 Å². The third-order valence-electron chi connectivity index (χ3n) is 5.10. The minimum atomic E-state index is -4.94. The zero-order valence-corrected chi connectivity index (χ0v) is 22.5. The van der Waals surface area contributed by atoms with Gasteiger partial charge in [0, 0.05) is 12.6 Å². The highest BCUT2D eigenvalue weighted by molar-refractivity contribution is 7.52. The van der Waals surface area contributed by atoms with Crippen LogP contribution in [-0.2, 0) is 27.3 Å². The number of rotatable bonds is 13. The highest BCUT2D eigenvalue weighted by atomic mass is 31.2. The van der Waals surface area contributed by atoms with Gasteiger partial charge in [-0.1, -0.05) is 20.8 Å². The second kappa shape index (κ2) is 11.4. The zero-order valence-electron chi connectivity index (χ0n) is 18.9. The number of hydrogen-bond acceptors (Lipinski definition) is 8. The maximum atomic E-state index is 11.5. The van der Waals surface area contributed by atoms with Crippen LogP contribution in [-0.4, -0.2) is 87.6 Å². The predicted molar refractivity (Wildman–Crippen MR) is 118 cm³/mol. The molecule has 1 rings (SSSR count). The molecule has 0 aromatic carbocycles. The van der Waals surface area contributed by atoms with Gasteiger partial charge in [0.05, 0.1) is 0 Å². The van der Waals surface area contributed by atoms with E-state index in [4.69, 9.17) is 19.6 Å². The van der Waals surface area contributed by atoms with Crippen molar-refractivity contribution < 1.29 is 66.5 Å². The first-order valence-corrected chi connectivity index (χ1v) is 16.5. The van der Waals surface area contributed by atoms with E-state index in [1.807, 2.05) is 13.8 Å². The summed E-state index contributed by atoms with van der Waals surface area (Å²) in [7, 11) is -19.2. The molecule has 0 aliphatic heterocycles. The first-order valence-electron chi connectivity index (χ1n) is 9.83. The monoisotopic (exact) mass is 578 g/mol. The maximum absolute atomic E-state index is 11.5. The highest BCUT2D eigenvalue weighted by Gasteiger charge is 2.45. The summed E-state index contributed by atoms with van der Waals surface area (Å²) in [5.74, 6) is 0. The van der Waals surface area contributed by atoms with Crippen LogP contribution in [0.1, 0.15) is 40.0 Å². The summed E-state index contributed by atoms with van der Waals surface area (Å²) < 4.78 is 54.5. The van der Waals surface area contributed by atoms with E-state index in [9.17, 15) is 37.8 Å². The van der Waals surface area contributed by atoms with Gasteiger partial charge < -0.3 is 39.1 Å². The Bertz CT molecular complexity index is 828. The first kappa shape index (κ1) is 32.5. The van der Waals surface area contributed by atoms with Gasteiger partial charge in [-0.3, -0.25) is 28.0 Å². The Morgan fingerprint density at radius 2 is 1.18 bits per heavy atom. The van der Waals surface area contributed by atoms with Crippen molar-refractivity contribution in [2.24, 2.45) is 10.8 Å². The number of phosphoric acid groups is 2. The Morgan fingerprint density at radius 3 is 1.53 bits per heavy atom. The van der Waals surface area contributed by atoms with Crippen LogP contribution in [0.25, 0.3) is 0 Å². The average Bonchev–Trinajstić information content (AvgIpc) is 2.46. The summed E-state index contributed by atoms with van der Waals surface area (Å²) in [5, 5.41) is 0. The highest BCUT2D eigenvalue weighted by Crippen LogP contribution is 2.50. The molecule has 204 valence electrons. The van der Waals surface area contributed by atoms with Crippen molar-refractivity contribution >= 4 is 30.8 Å². The fraction of sp³-hybridized carbons (Fsp3) is 1.00. The molecule has 0 radical (unpaired) electrons. The second-order valence-electron chi connectivity index (χ2n) is 9.74. The van der Waals surface area contributed by atoms with Crippen LogP contribution in [0, 0.1) is 10.8 Å². The van der Waals surface area contributed by atoms with Gasteiger partial charge >= 0.3 is 30.8 Å². The fourth-order valence-electron chi connectivity index (χ4n) is 4.71. The Balaban J connectivity index is 3.22. The molecule has 1 fully saturated rings. The van der Waals surface area contributed by atoms with Crippen molar-refractivity contribution in [3.63, 3.8) is 0 Å². The number of phosphoric ester groups is 2. The molecule has 8 N–H and O–H groups in total. The summed E-state index contributed by atoms with van der Waals surface area (Å²) in [6.45, 7) is 3.79. The van der Waals surface area contributed by atoms with E-state index < -0.39 is 73.7 Å². The zero-order chi connectivity index (χ0) is 26.8. The molecule has 1 saturated carbocycles. The van der Waals surface area contributed by atoms with Crippen molar-refractivity contribution in [1.82, 2.24) is 9.80 Å².